The van der Waals surface area contributed by atoms with Crippen LogP contribution in [0, 0.1) is 0 Å². The van der Waals surface area contributed by atoms with Crippen molar-refractivity contribution in [2.45, 2.75) is 11.8 Å². The third kappa shape index (κ3) is 3.36. The van der Waals surface area contributed by atoms with Crippen LogP contribution in [0.3, 0.4) is 0 Å². The van der Waals surface area contributed by atoms with Gasteiger partial charge in [0.1, 0.15) is 22.0 Å². The van der Waals surface area contributed by atoms with Crippen LogP contribution in [0.2, 0.25) is 10.0 Å². The highest BCUT2D eigenvalue weighted by molar-refractivity contribution is 7.90. The van der Waals surface area contributed by atoms with E-state index in [9.17, 15) is 23.1 Å². The zero-order valence-corrected chi connectivity index (χ0v) is 16.6. The van der Waals surface area contributed by atoms with Crippen molar-refractivity contribution in [3.05, 3.63) is 51.5 Å². The van der Waals surface area contributed by atoms with Crippen LogP contribution in [-0.4, -0.2) is 43.0 Å². The standard InChI is InChI=1S/C17H13Cl2NO7S/c1-2-26-12-6-9(21)7-13-15(12)16(22)20(28(13,24)25)8-27-17(23)14-10(18)4-3-5-11(14)19/h3-7,21H,2,8H2,1H3. The molecule has 0 saturated heterocycles. The maximum absolute atomic E-state index is 12.7. The lowest BCUT2D eigenvalue weighted by Crippen LogP contribution is -2.33. The van der Waals surface area contributed by atoms with Crippen molar-refractivity contribution in [2.24, 2.45) is 0 Å². The third-order valence-electron chi connectivity index (χ3n) is 3.84. The molecule has 0 saturated carbocycles. The van der Waals surface area contributed by atoms with Crippen molar-refractivity contribution in [3.63, 3.8) is 0 Å². The lowest BCUT2D eigenvalue weighted by atomic mass is 10.1. The molecule has 28 heavy (non-hydrogen) atoms. The zero-order chi connectivity index (χ0) is 20.6. The van der Waals surface area contributed by atoms with Gasteiger partial charge in [-0.2, -0.15) is 4.31 Å². The predicted molar refractivity (Wildman–Crippen MR) is 99.4 cm³/mol. The summed E-state index contributed by atoms with van der Waals surface area (Å²) in [4.78, 5) is 24.5. The number of ether oxygens (including phenoxy) is 2. The molecule has 148 valence electrons. The van der Waals surface area contributed by atoms with Gasteiger partial charge in [-0.05, 0) is 19.1 Å². The number of rotatable bonds is 5. The van der Waals surface area contributed by atoms with Gasteiger partial charge < -0.3 is 14.6 Å². The zero-order valence-electron chi connectivity index (χ0n) is 14.3. The first-order chi connectivity index (χ1) is 13.2. The SMILES string of the molecule is CCOc1cc(O)cc2c1C(=O)N(COC(=O)c1c(Cl)cccc1Cl)S2(=O)=O. The number of aromatic hydroxyl groups is 1. The van der Waals surface area contributed by atoms with Gasteiger partial charge in [0.05, 0.1) is 22.2 Å². The lowest BCUT2D eigenvalue weighted by molar-refractivity contribution is 0.0358. The number of fused-ring (bicyclic) bond motifs is 1. The molecule has 8 nitrogen and oxygen atoms in total. The van der Waals surface area contributed by atoms with Gasteiger partial charge in [-0.1, -0.05) is 29.3 Å². The summed E-state index contributed by atoms with van der Waals surface area (Å²) in [6.07, 6.45) is 0. The number of carbonyl (C=O) groups excluding carboxylic acids is 2. The van der Waals surface area contributed by atoms with Crippen molar-refractivity contribution >= 4 is 45.1 Å². The quantitative estimate of drug-likeness (QED) is 0.703. The molecule has 1 aliphatic rings. The number of phenolic OH excluding ortho intramolecular Hbond substituents is 1. The lowest BCUT2D eigenvalue weighted by Gasteiger charge is -2.15. The van der Waals surface area contributed by atoms with E-state index in [1.165, 1.54) is 18.2 Å². The number of sulfonamides is 1. The Labute approximate surface area is 170 Å². The van der Waals surface area contributed by atoms with Crippen molar-refractivity contribution in [2.75, 3.05) is 13.3 Å². The molecule has 0 bridgehead atoms. The Morgan fingerprint density at radius 3 is 2.46 bits per heavy atom. The fourth-order valence-corrected chi connectivity index (χ4v) is 4.63. The molecule has 11 heteroatoms. The van der Waals surface area contributed by atoms with Crippen LogP contribution in [0.4, 0.5) is 0 Å². The molecule has 2 aromatic carbocycles. The minimum absolute atomic E-state index is 0.0138. The van der Waals surface area contributed by atoms with Gasteiger partial charge in [-0.3, -0.25) is 4.79 Å². The van der Waals surface area contributed by atoms with E-state index in [2.05, 4.69) is 0 Å². The first-order valence-corrected chi connectivity index (χ1v) is 10.1. The van der Waals surface area contributed by atoms with Gasteiger partial charge in [0.25, 0.3) is 15.9 Å². The topological polar surface area (TPSA) is 110 Å². The van der Waals surface area contributed by atoms with Crippen LogP contribution in [-0.2, 0) is 14.8 Å². The summed E-state index contributed by atoms with van der Waals surface area (Å²) in [5.41, 5.74) is -0.397. The van der Waals surface area contributed by atoms with Crippen LogP contribution in [0.15, 0.2) is 35.2 Å². The summed E-state index contributed by atoms with van der Waals surface area (Å²) in [7, 11) is -4.36. The van der Waals surface area contributed by atoms with E-state index < -0.39 is 33.5 Å². The van der Waals surface area contributed by atoms with E-state index in [4.69, 9.17) is 32.7 Å². The second-order valence-corrected chi connectivity index (χ2v) is 8.21. The number of hydrogen-bond donors (Lipinski definition) is 1. The Hall–Kier alpha value is -2.49. The Kier molecular flexibility index (Phi) is 5.42. The molecule has 0 fully saturated rings. The van der Waals surface area contributed by atoms with Crippen LogP contribution >= 0.6 is 23.2 Å². The number of carbonyl (C=O) groups is 2. The highest BCUT2D eigenvalue weighted by Crippen LogP contribution is 2.39. The fourth-order valence-electron chi connectivity index (χ4n) is 2.62. The summed E-state index contributed by atoms with van der Waals surface area (Å²) in [6, 6.07) is 6.41. The van der Waals surface area contributed by atoms with E-state index in [1.54, 1.807) is 6.92 Å². The molecule has 1 N–H and O–H groups in total. The number of amides is 1. The first kappa shape index (κ1) is 20.2. The highest BCUT2D eigenvalue weighted by atomic mass is 35.5. The van der Waals surface area contributed by atoms with Crippen molar-refractivity contribution in [1.82, 2.24) is 4.31 Å². The highest BCUT2D eigenvalue weighted by Gasteiger charge is 2.44. The molecule has 0 aliphatic carbocycles. The normalized spacial score (nSPS) is 14.7. The second-order valence-electron chi connectivity index (χ2n) is 5.57. The van der Waals surface area contributed by atoms with Gasteiger partial charge in [-0.25, -0.2) is 13.2 Å². The summed E-state index contributed by atoms with van der Waals surface area (Å²) >= 11 is 11.8. The van der Waals surface area contributed by atoms with Crippen molar-refractivity contribution < 1.29 is 32.6 Å². The van der Waals surface area contributed by atoms with Crippen LogP contribution in [0.25, 0.3) is 0 Å². The Morgan fingerprint density at radius 2 is 1.86 bits per heavy atom. The number of halogens is 2. The molecule has 0 spiro atoms. The van der Waals surface area contributed by atoms with Crippen LogP contribution < -0.4 is 4.74 Å². The average molecular weight is 446 g/mol. The van der Waals surface area contributed by atoms with Gasteiger partial charge in [-0.15, -0.1) is 0 Å². The van der Waals surface area contributed by atoms with E-state index in [-0.39, 0.29) is 39.3 Å². The van der Waals surface area contributed by atoms with E-state index >= 15 is 0 Å². The van der Waals surface area contributed by atoms with E-state index in [0.717, 1.165) is 12.1 Å². The Balaban J connectivity index is 1.91. The van der Waals surface area contributed by atoms with Crippen molar-refractivity contribution in [1.29, 1.82) is 0 Å². The van der Waals surface area contributed by atoms with Crippen molar-refractivity contribution in [3.8, 4) is 11.5 Å². The smallest absolute Gasteiger partial charge is 0.342 e. The van der Waals surface area contributed by atoms with E-state index in [0.29, 0.717) is 4.31 Å². The summed E-state index contributed by atoms with van der Waals surface area (Å²) in [5, 5.41) is 9.78. The van der Waals surface area contributed by atoms with Crippen LogP contribution in [0.5, 0.6) is 11.5 Å². The molecule has 2 aromatic rings. The number of benzene rings is 2. The molecular formula is C17H13Cl2NO7S. The number of esters is 1. The predicted octanol–water partition coefficient (Wildman–Crippen LogP) is 3.06. The number of hydrogen-bond acceptors (Lipinski definition) is 7. The number of nitrogens with zero attached hydrogens (tertiary/aromatic N) is 1. The molecule has 0 atom stereocenters. The molecule has 3 rings (SSSR count). The third-order valence-corrected chi connectivity index (χ3v) is 6.20. The van der Waals surface area contributed by atoms with Gasteiger partial charge in [0.15, 0.2) is 6.73 Å². The maximum Gasteiger partial charge on any atom is 0.342 e. The average Bonchev–Trinajstić information content (AvgIpc) is 2.79. The molecule has 1 heterocycles. The van der Waals surface area contributed by atoms with Gasteiger partial charge >= 0.3 is 5.97 Å². The second kappa shape index (κ2) is 7.50. The van der Waals surface area contributed by atoms with Gasteiger partial charge in [0, 0.05) is 12.1 Å². The minimum Gasteiger partial charge on any atom is -0.508 e. The Bertz CT molecular complexity index is 1060. The minimum atomic E-state index is -4.36. The number of phenols is 1. The molecule has 0 aromatic heterocycles. The first-order valence-electron chi connectivity index (χ1n) is 7.86. The van der Waals surface area contributed by atoms with Gasteiger partial charge in [0.2, 0.25) is 0 Å². The molecule has 0 unspecified atom stereocenters. The summed E-state index contributed by atoms with van der Waals surface area (Å²) < 4.78 is 35.9. The monoisotopic (exact) mass is 445 g/mol. The summed E-state index contributed by atoms with van der Waals surface area (Å²) in [5.74, 6) is -2.42. The van der Waals surface area contributed by atoms with E-state index in [1.807, 2.05) is 0 Å². The molecule has 1 aliphatic heterocycles. The molecule has 1 amide bonds. The van der Waals surface area contributed by atoms with Crippen LogP contribution in [0.1, 0.15) is 27.6 Å². The molecule has 0 radical (unpaired) electrons. The summed E-state index contributed by atoms with van der Waals surface area (Å²) in [6.45, 7) is 0.878. The maximum atomic E-state index is 12.7. The Morgan fingerprint density at radius 1 is 1.21 bits per heavy atom. The molecular weight excluding hydrogens is 433 g/mol. The largest absolute Gasteiger partial charge is 0.508 e. The fraction of sp³-hybridized carbons (Fsp3) is 0.176.